The molecule has 2 heterocycles. The molecule has 5 rings (SSSR count). The molecule has 3 aromatic carbocycles. The number of benzene rings is 3. The number of hydrogen-bond acceptors (Lipinski definition) is 5. The largest absolute Gasteiger partial charge is 0.459 e. The fourth-order valence-electron chi connectivity index (χ4n) is 3.79. The number of hydrogen-bond donors (Lipinski definition) is 0. The maximum absolute atomic E-state index is 10.9. The smallest absolute Gasteiger partial charge is 0.269 e. The second-order valence-electron chi connectivity index (χ2n) is 7.32. The van der Waals surface area contributed by atoms with Gasteiger partial charge in [-0.2, -0.15) is 5.10 Å². The number of nitro groups is 1. The molecule has 0 saturated heterocycles. The number of nitro benzene ring substituents is 1. The van der Waals surface area contributed by atoms with E-state index in [2.05, 4.69) is 12.1 Å². The van der Waals surface area contributed by atoms with Crippen molar-refractivity contribution in [1.82, 2.24) is 0 Å². The number of rotatable bonds is 5. The molecule has 0 saturated carbocycles. The third-order valence-electron chi connectivity index (χ3n) is 5.36. The molecule has 0 bridgehead atoms. The minimum atomic E-state index is -0.407. The van der Waals surface area contributed by atoms with Crippen LogP contribution in [0.25, 0.3) is 11.3 Å². The van der Waals surface area contributed by atoms with Gasteiger partial charge in [0.1, 0.15) is 17.6 Å². The van der Waals surface area contributed by atoms with E-state index in [1.165, 1.54) is 12.1 Å². The summed E-state index contributed by atoms with van der Waals surface area (Å²) in [5.74, 6) is 1.47. The molecule has 1 unspecified atom stereocenters. The van der Waals surface area contributed by atoms with Gasteiger partial charge in [-0.25, -0.2) is 0 Å². The molecule has 0 radical (unpaired) electrons. The Morgan fingerprint density at radius 2 is 1.52 bits per heavy atom. The summed E-state index contributed by atoms with van der Waals surface area (Å²) in [6.45, 7) is 0. The Bertz CT molecular complexity index is 1230. The van der Waals surface area contributed by atoms with Crippen molar-refractivity contribution >= 4 is 17.1 Å². The average molecular weight is 409 g/mol. The van der Waals surface area contributed by atoms with Crippen molar-refractivity contribution in [1.29, 1.82) is 0 Å². The van der Waals surface area contributed by atoms with Gasteiger partial charge < -0.3 is 4.42 Å². The van der Waals surface area contributed by atoms with E-state index in [9.17, 15) is 10.1 Å². The molecule has 6 nitrogen and oxygen atoms in total. The van der Waals surface area contributed by atoms with E-state index < -0.39 is 4.92 Å². The lowest BCUT2D eigenvalue weighted by molar-refractivity contribution is -0.384. The van der Waals surface area contributed by atoms with Crippen molar-refractivity contribution in [3.05, 3.63) is 118 Å². The molecule has 6 heteroatoms. The first-order valence-corrected chi connectivity index (χ1v) is 10.0. The molecule has 1 aliphatic heterocycles. The summed E-state index contributed by atoms with van der Waals surface area (Å²) in [6, 6.07) is 30.3. The highest BCUT2D eigenvalue weighted by Gasteiger charge is 2.32. The van der Waals surface area contributed by atoms with Crippen molar-refractivity contribution < 1.29 is 9.34 Å². The maximum atomic E-state index is 10.9. The molecule has 1 aliphatic rings. The zero-order valence-electron chi connectivity index (χ0n) is 16.6. The van der Waals surface area contributed by atoms with Crippen molar-refractivity contribution in [2.24, 2.45) is 5.10 Å². The van der Waals surface area contributed by atoms with Crippen LogP contribution < -0.4 is 5.01 Å². The van der Waals surface area contributed by atoms with Gasteiger partial charge in [0.25, 0.3) is 5.69 Å². The fourth-order valence-corrected chi connectivity index (χ4v) is 3.79. The van der Waals surface area contributed by atoms with Gasteiger partial charge in [-0.1, -0.05) is 48.5 Å². The topological polar surface area (TPSA) is 71.9 Å². The third-order valence-corrected chi connectivity index (χ3v) is 5.36. The zero-order valence-corrected chi connectivity index (χ0v) is 16.6. The molecule has 1 aromatic heterocycles. The van der Waals surface area contributed by atoms with Gasteiger partial charge in [0.15, 0.2) is 0 Å². The summed E-state index contributed by atoms with van der Waals surface area (Å²) < 4.78 is 6.21. The highest BCUT2D eigenvalue weighted by atomic mass is 16.6. The van der Waals surface area contributed by atoms with Gasteiger partial charge in [-0.05, 0) is 42.0 Å². The molecule has 0 fully saturated rings. The van der Waals surface area contributed by atoms with Gasteiger partial charge in [-0.15, -0.1) is 0 Å². The highest BCUT2D eigenvalue weighted by molar-refractivity contribution is 6.03. The normalized spacial score (nSPS) is 15.7. The van der Waals surface area contributed by atoms with Crippen LogP contribution in [0.4, 0.5) is 11.4 Å². The van der Waals surface area contributed by atoms with Crippen LogP contribution in [-0.2, 0) is 0 Å². The lowest BCUT2D eigenvalue weighted by atomic mass is 10.0. The quantitative estimate of drug-likeness (QED) is 0.290. The zero-order chi connectivity index (χ0) is 21.2. The Labute approximate surface area is 179 Å². The fraction of sp³-hybridized carbons (Fsp3) is 0.0800. The Hall–Kier alpha value is -4.19. The molecule has 1 atom stereocenters. The highest BCUT2D eigenvalue weighted by Crippen LogP contribution is 2.38. The van der Waals surface area contributed by atoms with Gasteiger partial charge in [0, 0.05) is 24.1 Å². The first-order valence-electron chi connectivity index (χ1n) is 10.0. The third kappa shape index (κ3) is 3.71. The van der Waals surface area contributed by atoms with Gasteiger partial charge >= 0.3 is 0 Å². The standard InChI is InChI=1S/C25H19N3O3/c29-28(30)21-13-11-19(12-14-21)24-15-16-25(31-24)23-17-22(18-7-3-1-4-8-18)26-27(23)20-9-5-2-6-10-20/h1-16,23H,17H2. The monoisotopic (exact) mass is 409 g/mol. The van der Waals surface area contributed by atoms with E-state index in [4.69, 9.17) is 9.52 Å². The molecule has 152 valence electrons. The van der Waals surface area contributed by atoms with Crippen molar-refractivity contribution in [2.45, 2.75) is 12.5 Å². The van der Waals surface area contributed by atoms with E-state index >= 15 is 0 Å². The Kier molecular flexibility index (Phi) is 4.80. The number of nitrogens with zero attached hydrogens (tertiary/aromatic N) is 3. The van der Waals surface area contributed by atoms with E-state index in [1.807, 2.05) is 65.7 Å². The molecular weight excluding hydrogens is 390 g/mol. The van der Waals surface area contributed by atoms with Crippen LogP contribution in [0, 0.1) is 10.1 Å². The maximum Gasteiger partial charge on any atom is 0.269 e. The van der Waals surface area contributed by atoms with Crippen molar-refractivity contribution in [2.75, 3.05) is 5.01 Å². The van der Waals surface area contributed by atoms with Crippen LogP contribution in [-0.4, -0.2) is 10.6 Å². The predicted molar refractivity (Wildman–Crippen MR) is 120 cm³/mol. The average Bonchev–Trinajstić information content (AvgIpc) is 3.48. The SMILES string of the molecule is O=[N+]([O-])c1ccc(-c2ccc(C3CC(c4ccccc4)=NN3c3ccccc3)o2)cc1. The molecule has 0 aliphatic carbocycles. The number of furan rings is 1. The number of hydrazone groups is 1. The number of anilines is 1. The summed E-state index contributed by atoms with van der Waals surface area (Å²) >= 11 is 0. The van der Waals surface area contributed by atoms with Crippen LogP contribution >= 0.6 is 0 Å². The first-order chi connectivity index (χ1) is 15.2. The van der Waals surface area contributed by atoms with Crippen LogP contribution in [0.2, 0.25) is 0 Å². The van der Waals surface area contributed by atoms with Gasteiger partial charge in [0.2, 0.25) is 0 Å². The summed E-state index contributed by atoms with van der Waals surface area (Å²) in [5, 5.41) is 17.8. The minimum Gasteiger partial charge on any atom is -0.459 e. The van der Waals surface area contributed by atoms with Crippen molar-refractivity contribution in [3.63, 3.8) is 0 Å². The Morgan fingerprint density at radius 1 is 0.839 bits per heavy atom. The Balaban J connectivity index is 1.48. The molecule has 0 spiro atoms. The second-order valence-corrected chi connectivity index (χ2v) is 7.32. The predicted octanol–water partition coefficient (Wildman–Crippen LogP) is 6.21. The molecule has 4 aromatic rings. The van der Waals surface area contributed by atoms with Crippen LogP contribution in [0.1, 0.15) is 23.8 Å². The number of non-ortho nitro benzene ring substituents is 1. The Morgan fingerprint density at radius 3 is 2.19 bits per heavy atom. The van der Waals surface area contributed by atoms with E-state index in [1.54, 1.807) is 12.1 Å². The van der Waals surface area contributed by atoms with E-state index in [-0.39, 0.29) is 11.7 Å². The lowest BCUT2D eigenvalue weighted by Crippen LogP contribution is -2.17. The van der Waals surface area contributed by atoms with E-state index in [0.717, 1.165) is 28.3 Å². The van der Waals surface area contributed by atoms with Crippen LogP contribution in [0.5, 0.6) is 0 Å². The first kappa shape index (κ1) is 18.8. The van der Waals surface area contributed by atoms with Gasteiger partial charge in [-0.3, -0.25) is 15.1 Å². The van der Waals surface area contributed by atoms with Crippen LogP contribution in [0.3, 0.4) is 0 Å². The number of para-hydroxylation sites is 1. The summed E-state index contributed by atoms with van der Waals surface area (Å²) in [5.41, 5.74) is 3.94. The second kappa shape index (κ2) is 7.91. The molecule has 31 heavy (non-hydrogen) atoms. The van der Waals surface area contributed by atoms with Crippen LogP contribution in [0.15, 0.2) is 107 Å². The van der Waals surface area contributed by atoms with Crippen molar-refractivity contribution in [3.8, 4) is 11.3 Å². The summed E-state index contributed by atoms with van der Waals surface area (Å²) in [6.07, 6.45) is 0.714. The van der Waals surface area contributed by atoms with Gasteiger partial charge in [0.05, 0.1) is 16.3 Å². The summed E-state index contributed by atoms with van der Waals surface area (Å²) in [7, 11) is 0. The lowest BCUT2D eigenvalue weighted by Gasteiger charge is -2.21. The summed E-state index contributed by atoms with van der Waals surface area (Å²) in [4.78, 5) is 10.5. The molecule has 0 N–H and O–H groups in total. The molecular formula is C25H19N3O3. The molecule has 0 amide bonds. The van der Waals surface area contributed by atoms with E-state index in [0.29, 0.717) is 12.2 Å². The minimum absolute atomic E-state index is 0.0579.